The minimum Gasteiger partial charge on any atom is -0.327 e. The fourth-order valence-electron chi connectivity index (χ4n) is 1.92. The molecular weight excluding hydrogens is 205 g/mol. The third-order valence-electron chi connectivity index (χ3n) is 2.62. The average molecular weight is 221 g/mol. The van der Waals surface area contributed by atoms with Gasteiger partial charge in [-0.15, -0.1) is 0 Å². The van der Waals surface area contributed by atoms with Gasteiger partial charge in [0.1, 0.15) is 11.3 Å². The summed E-state index contributed by atoms with van der Waals surface area (Å²) in [5.74, 6) is 0.422. The van der Waals surface area contributed by atoms with Crippen molar-refractivity contribution in [1.82, 2.24) is 9.55 Å². The van der Waals surface area contributed by atoms with Crippen LogP contribution in [-0.2, 0) is 12.1 Å². The molecule has 2 aromatic rings. The Morgan fingerprint density at radius 3 is 2.69 bits per heavy atom. The molecule has 0 saturated carbocycles. The van der Waals surface area contributed by atoms with Crippen molar-refractivity contribution in [3.63, 3.8) is 0 Å². The summed E-state index contributed by atoms with van der Waals surface area (Å²) in [6.45, 7) is 6.48. The molecule has 0 atom stereocenters. The second-order valence-electron chi connectivity index (χ2n) is 4.51. The summed E-state index contributed by atoms with van der Waals surface area (Å²) in [6, 6.07) is 4.98. The zero-order valence-corrected chi connectivity index (χ0v) is 9.79. The summed E-state index contributed by atoms with van der Waals surface area (Å²) >= 11 is 0. The van der Waals surface area contributed by atoms with Crippen molar-refractivity contribution in [3.8, 4) is 0 Å². The van der Waals surface area contributed by atoms with Gasteiger partial charge in [-0.25, -0.2) is 9.37 Å². The highest BCUT2D eigenvalue weighted by molar-refractivity contribution is 5.76. The van der Waals surface area contributed by atoms with E-state index in [9.17, 15) is 4.39 Å². The molecule has 2 N–H and O–H groups in total. The van der Waals surface area contributed by atoms with E-state index in [-0.39, 0.29) is 5.82 Å². The molecule has 3 nitrogen and oxygen atoms in total. The van der Waals surface area contributed by atoms with Crippen LogP contribution in [0.5, 0.6) is 0 Å². The summed E-state index contributed by atoms with van der Waals surface area (Å²) in [6.07, 6.45) is 0. The molecule has 0 spiro atoms. The van der Waals surface area contributed by atoms with Gasteiger partial charge >= 0.3 is 0 Å². The molecule has 2 rings (SSSR count). The molecule has 0 aliphatic heterocycles. The lowest BCUT2D eigenvalue weighted by molar-refractivity contribution is 0.485. The van der Waals surface area contributed by atoms with Gasteiger partial charge in [0.2, 0.25) is 0 Å². The zero-order chi connectivity index (χ0) is 11.9. The Labute approximate surface area is 94.1 Å². The number of para-hydroxylation sites is 1. The highest BCUT2D eigenvalue weighted by atomic mass is 19.1. The highest BCUT2D eigenvalue weighted by Gasteiger charge is 2.23. The zero-order valence-electron chi connectivity index (χ0n) is 9.79. The summed E-state index contributed by atoms with van der Waals surface area (Å²) in [5.41, 5.74) is 6.68. The number of aromatic nitrogens is 2. The number of aryl methyl sites for hydroxylation is 1. The van der Waals surface area contributed by atoms with Crippen molar-refractivity contribution in [2.75, 3.05) is 0 Å². The lowest BCUT2D eigenvalue weighted by Crippen LogP contribution is -2.32. The molecular formula is C12H16FN3. The average Bonchev–Trinajstić information content (AvgIpc) is 2.57. The maximum atomic E-state index is 13.6. The predicted molar refractivity (Wildman–Crippen MR) is 62.6 cm³/mol. The lowest BCUT2D eigenvalue weighted by Gasteiger charge is -2.19. The number of rotatable bonds is 2. The number of halogens is 1. The predicted octanol–water partition coefficient (Wildman–Crippen LogP) is 2.39. The Balaban J connectivity index is 2.81. The topological polar surface area (TPSA) is 43.8 Å². The Morgan fingerprint density at radius 2 is 2.12 bits per heavy atom. The quantitative estimate of drug-likeness (QED) is 0.846. The third kappa shape index (κ3) is 1.59. The molecule has 86 valence electrons. The van der Waals surface area contributed by atoms with Crippen molar-refractivity contribution in [3.05, 3.63) is 29.8 Å². The van der Waals surface area contributed by atoms with E-state index in [0.29, 0.717) is 5.52 Å². The molecule has 0 saturated heterocycles. The number of imidazole rings is 1. The molecule has 0 radical (unpaired) electrons. The van der Waals surface area contributed by atoms with Crippen molar-refractivity contribution in [2.45, 2.75) is 32.9 Å². The molecule has 1 heterocycles. The van der Waals surface area contributed by atoms with Crippen LogP contribution in [0.4, 0.5) is 4.39 Å². The van der Waals surface area contributed by atoms with Gasteiger partial charge in [0.05, 0.1) is 11.1 Å². The van der Waals surface area contributed by atoms with Crippen molar-refractivity contribution in [1.29, 1.82) is 0 Å². The van der Waals surface area contributed by atoms with E-state index in [1.54, 1.807) is 6.07 Å². The maximum Gasteiger partial charge on any atom is 0.151 e. The Morgan fingerprint density at radius 1 is 1.44 bits per heavy atom. The first-order valence-electron chi connectivity index (χ1n) is 5.39. The molecule has 16 heavy (non-hydrogen) atoms. The molecule has 1 aromatic carbocycles. The smallest absolute Gasteiger partial charge is 0.151 e. The molecule has 0 aliphatic rings. The first-order valence-corrected chi connectivity index (χ1v) is 5.39. The SMILES string of the molecule is CCn1c(C(C)(C)N)nc2c(F)cccc21. The molecule has 0 aliphatic carbocycles. The number of nitrogens with two attached hydrogens (primary N) is 1. The second kappa shape index (κ2) is 3.56. The molecule has 0 amide bonds. The lowest BCUT2D eigenvalue weighted by atomic mass is 10.1. The Kier molecular flexibility index (Phi) is 2.46. The largest absolute Gasteiger partial charge is 0.327 e. The van der Waals surface area contributed by atoms with Gasteiger partial charge in [0.15, 0.2) is 5.82 Å². The minimum atomic E-state index is -0.568. The first-order chi connectivity index (χ1) is 7.45. The van der Waals surface area contributed by atoms with Gasteiger partial charge in [-0.05, 0) is 32.9 Å². The second-order valence-corrected chi connectivity index (χ2v) is 4.51. The van der Waals surface area contributed by atoms with Gasteiger partial charge in [-0.2, -0.15) is 0 Å². The summed E-state index contributed by atoms with van der Waals surface area (Å²) in [4.78, 5) is 4.32. The number of fused-ring (bicyclic) bond motifs is 1. The number of hydrogen-bond acceptors (Lipinski definition) is 2. The number of benzene rings is 1. The third-order valence-corrected chi connectivity index (χ3v) is 2.62. The summed E-state index contributed by atoms with van der Waals surface area (Å²) in [5, 5.41) is 0. The molecule has 1 aromatic heterocycles. The Bertz CT molecular complexity index is 523. The van der Waals surface area contributed by atoms with Crippen molar-refractivity contribution >= 4 is 11.0 Å². The van der Waals surface area contributed by atoms with E-state index in [4.69, 9.17) is 5.73 Å². The van der Waals surface area contributed by atoms with E-state index in [1.165, 1.54) is 6.07 Å². The van der Waals surface area contributed by atoms with Gasteiger partial charge in [-0.3, -0.25) is 0 Å². The van der Waals surface area contributed by atoms with Crippen LogP contribution in [0.2, 0.25) is 0 Å². The van der Waals surface area contributed by atoms with E-state index >= 15 is 0 Å². The van der Waals surface area contributed by atoms with Crippen molar-refractivity contribution in [2.24, 2.45) is 5.73 Å². The molecule has 0 unspecified atom stereocenters. The number of hydrogen-bond donors (Lipinski definition) is 1. The van der Waals surface area contributed by atoms with Gasteiger partial charge in [0.25, 0.3) is 0 Å². The Hall–Kier alpha value is -1.42. The highest BCUT2D eigenvalue weighted by Crippen LogP contribution is 2.24. The summed E-state index contributed by atoms with van der Waals surface area (Å²) in [7, 11) is 0. The monoisotopic (exact) mass is 221 g/mol. The van der Waals surface area contributed by atoms with Gasteiger partial charge in [0, 0.05) is 6.54 Å². The standard InChI is InChI=1S/C12H16FN3/c1-4-16-9-7-5-6-8(13)10(9)15-11(16)12(2,3)14/h5-7H,4,14H2,1-3H3. The normalized spacial score (nSPS) is 12.3. The molecule has 0 fully saturated rings. The van der Waals surface area contributed by atoms with Crippen LogP contribution in [-0.4, -0.2) is 9.55 Å². The van der Waals surface area contributed by atoms with E-state index in [2.05, 4.69) is 4.98 Å². The maximum absolute atomic E-state index is 13.6. The van der Waals surface area contributed by atoms with E-state index in [1.807, 2.05) is 31.4 Å². The van der Waals surface area contributed by atoms with Crippen LogP contribution in [0.1, 0.15) is 26.6 Å². The minimum absolute atomic E-state index is 0.296. The van der Waals surface area contributed by atoms with Gasteiger partial charge < -0.3 is 10.3 Å². The fourth-order valence-corrected chi connectivity index (χ4v) is 1.92. The van der Waals surface area contributed by atoms with Crippen LogP contribution in [0.3, 0.4) is 0 Å². The number of nitrogens with zero attached hydrogens (tertiary/aromatic N) is 2. The van der Waals surface area contributed by atoms with Crippen LogP contribution in [0, 0.1) is 5.82 Å². The van der Waals surface area contributed by atoms with Crippen molar-refractivity contribution < 1.29 is 4.39 Å². The molecule has 0 bridgehead atoms. The van der Waals surface area contributed by atoms with Gasteiger partial charge in [-0.1, -0.05) is 6.07 Å². The summed E-state index contributed by atoms with van der Waals surface area (Å²) < 4.78 is 15.5. The van der Waals surface area contributed by atoms with Crippen LogP contribution >= 0.6 is 0 Å². The van der Waals surface area contributed by atoms with E-state index < -0.39 is 5.54 Å². The van der Waals surface area contributed by atoms with Crippen LogP contribution < -0.4 is 5.73 Å². The van der Waals surface area contributed by atoms with E-state index in [0.717, 1.165) is 17.9 Å². The first kappa shape index (κ1) is 11.1. The molecule has 4 heteroatoms. The van der Waals surface area contributed by atoms with Crippen LogP contribution in [0.25, 0.3) is 11.0 Å². The van der Waals surface area contributed by atoms with Crippen LogP contribution in [0.15, 0.2) is 18.2 Å². The fraction of sp³-hybridized carbons (Fsp3) is 0.417.